The molecule has 6 rings (SSSR count). The Morgan fingerprint density at radius 3 is 2.77 bits per heavy atom. The second kappa shape index (κ2) is 12.1. The van der Waals surface area contributed by atoms with Crippen molar-refractivity contribution in [3.05, 3.63) is 65.0 Å². The second-order valence-corrected chi connectivity index (χ2v) is 12.5. The van der Waals surface area contributed by atoms with E-state index in [1.54, 1.807) is 16.9 Å². The lowest BCUT2D eigenvalue weighted by molar-refractivity contribution is -0.144. The fourth-order valence-electron chi connectivity index (χ4n) is 7.75. The molecule has 5 atom stereocenters. The normalized spacial score (nSPS) is 28.8. The number of pyridine rings is 1. The maximum absolute atomic E-state index is 14.5. The zero-order valence-corrected chi connectivity index (χ0v) is 24.4. The molecule has 0 radical (unpaired) electrons. The number of fused-ring (bicyclic) bond motifs is 2. The minimum atomic E-state index is -4.51. The first kappa shape index (κ1) is 29.9. The number of amides is 2. The monoisotopic (exact) mass is 601 g/mol. The molecule has 4 aliphatic rings. The molecule has 3 fully saturated rings. The summed E-state index contributed by atoms with van der Waals surface area (Å²) in [7, 11) is 1.70. The predicted molar refractivity (Wildman–Crippen MR) is 150 cm³/mol. The van der Waals surface area contributed by atoms with Gasteiger partial charge in [0.05, 0.1) is 23.7 Å². The summed E-state index contributed by atoms with van der Waals surface area (Å²) in [5.41, 5.74) is 0.285. The van der Waals surface area contributed by atoms with E-state index in [1.807, 2.05) is 30.3 Å². The van der Waals surface area contributed by atoms with E-state index in [9.17, 15) is 22.8 Å². The SMILES string of the molecule is COC1COCCC1C[C@@H]1C[C@H]2CN(C(=O)OCc3ccccc3)C[C@@]2(C(=O)N2CCc3ncc(C(F)(F)F)cc3C2)C1. The Labute approximate surface area is 249 Å². The van der Waals surface area contributed by atoms with Crippen LogP contribution in [0.5, 0.6) is 0 Å². The Morgan fingerprint density at radius 1 is 1.19 bits per heavy atom. The molecular weight excluding hydrogens is 563 g/mol. The quantitative estimate of drug-likeness (QED) is 0.459. The maximum atomic E-state index is 14.5. The summed E-state index contributed by atoms with van der Waals surface area (Å²) in [5, 5.41) is 0. The van der Waals surface area contributed by atoms with Gasteiger partial charge in [-0.15, -0.1) is 0 Å². The molecule has 11 heteroatoms. The summed E-state index contributed by atoms with van der Waals surface area (Å²) in [4.78, 5) is 35.1. The molecule has 4 heterocycles. The summed E-state index contributed by atoms with van der Waals surface area (Å²) < 4.78 is 57.2. The highest BCUT2D eigenvalue weighted by Gasteiger charge is 2.60. The van der Waals surface area contributed by atoms with Gasteiger partial charge in [-0.1, -0.05) is 30.3 Å². The molecule has 2 aromatic rings. The summed E-state index contributed by atoms with van der Waals surface area (Å²) >= 11 is 0. The van der Waals surface area contributed by atoms with Crippen LogP contribution in [0.2, 0.25) is 0 Å². The molecule has 0 spiro atoms. The van der Waals surface area contributed by atoms with Crippen LogP contribution in [0, 0.1) is 23.2 Å². The van der Waals surface area contributed by atoms with E-state index in [0.717, 1.165) is 37.1 Å². The lowest BCUT2D eigenvalue weighted by Gasteiger charge is -2.37. The van der Waals surface area contributed by atoms with E-state index in [4.69, 9.17) is 14.2 Å². The number of hydrogen-bond acceptors (Lipinski definition) is 6. The van der Waals surface area contributed by atoms with Crippen LogP contribution in [0.15, 0.2) is 42.6 Å². The van der Waals surface area contributed by atoms with Crippen LogP contribution < -0.4 is 0 Å². The van der Waals surface area contributed by atoms with E-state index in [2.05, 4.69) is 4.98 Å². The van der Waals surface area contributed by atoms with E-state index in [0.29, 0.717) is 56.3 Å². The molecule has 43 heavy (non-hydrogen) atoms. The van der Waals surface area contributed by atoms with Gasteiger partial charge in [-0.05, 0) is 60.6 Å². The Kier molecular flexibility index (Phi) is 8.39. The van der Waals surface area contributed by atoms with Gasteiger partial charge < -0.3 is 24.0 Å². The second-order valence-electron chi connectivity index (χ2n) is 12.5. The molecule has 1 aromatic heterocycles. The van der Waals surface area contributed by atoms with Crippen molar-refractivity contribution >= 4 is 12.0 Å². The van der Waals surface area contributed by atoms with Gasteiger partial charge >= 0.3 is 12.3 Å². The predicted octanol–water partition coefficient (Wildman–Crippen LogP) is 5.09. The minimum Gasteiger partial charge on any atom is -0.445 e. The first-order chi connectivity index (χ1) is 20.7. The van der Waals surface area contributed by atoms with Crippen molar-refractivity contribution in [3.63, 3.8) is 0 Å². The molecule has 0 N–H and O–H groups in total. The zero-order chi connectivity index (χ0) is 30.2. The standard InChI is InChI=1S/C32H38F3N3O5/c1-41-28-19-42-10-8-23(28)11-22-12-26-17-38(30(40)43-18-21-5-3-2-4-6-21)20-31(26,14-22)29(39)37-9-7-27-24(16-37)13-25(15-36-27)32(33,34)35/h2-6,13,15,22-23,26,28H,7-12,14,16-20H2,1H3/t22-,23?,26+,28?,31+/m1/s1. The number of alkyl halides is 3. The number of likely N-dealkylation sites (tertiary alicyclic amines) is 1. The number of rotatable bonds is 6. The molecule has 0 bridgehead atoms. The third-order valence-electron chi connectivity index (χ3n) is 9.89. The van der Waals surface area contributed by atoms with Gasteiger partial charge in [-0.3, -0.25) is 9.78 Å². The summed E-state index contributed by atoms with van der Waals surface area (Å²) in [6.07, 6.45) is -0.455. The highest BCUT2D eigenvalue weighted by molar-refractivity contribution is 5.85. The smallest absolute Gasteiger partial charge is 0.417 e. The first-order valence-corrected chi connectivity index (χ1v) is 15.1. The van der Waals surface area contributed by atoms with Crippen molar-refractivity contribution in [3.8, 4) is 0 Å². The van der Waals surface area contributed by atoms with Gasteiger partial charge in [0.15, 0.2) is 0 Å². The summed E-state index contributed by atoms with van der Waals surface area (Å²) in [6, 6.07) is 10.6. The van der Waals surface area contributed by atoms with Gasteiger partial charge in [0.1, 0.15) is 6.61 Å². The van der Waals surface area contributed by atoms with Gasteiger partial charge in [0, 0.05) is 58.2 Å². The van der Waals surface area contributed by atoms with Crippen LogP contribution in [0.3, 0.4) is 0 Å². The largest absolute Gasteiger partial charge is 0.445 e. The fraction of sp³-hybridized carbons (Fsp3) is 0.594. The first-order valence-electron chi connectivity index (χ1n) is 15.1. The molecule has 3 aliphatic heterocycles. The highest BCUT2D eigenvalue weighted by atomic mass is 19.4. The lowest BCUT2D eigenvalue weighted by atomic mass is 9.78. The van der Waals surface area contributed by atoms with Crippen molar-refractivity contribution in [2.75, 3.05) is 40.0 Å². The van der Waals surface area contributed by atoms with Crippen LogP contribution in [0.1, 0.15) is 48.1 Å². The number of nitrogens with zero attached hydrogens (tertiary/aromatic N) is 3. The average molecular weight is 602 g/mol. The summed E-state index contributed by atoms with van der Waals surface area (Å²) in [6.45, 7) is 2.51. The molecule has 2 saturated heterocycles. The van der Waals surface area contributed by atoms with E-state index < -0.39 is 23.2 Å². The van der Waals surface area contributed by atoms with Crippen molar-refractivity contribution in [1.82, 2.24) is 14.8 Å². The molecule has 1 aromatic carbocycles. The number of methoxy groups -OCH3 is 1. The number of ether oxygens (including phenoxy) is 3. The Bertz CT molecular complexity index is 1330. The van der Waals surface area contributed by atoms with Crippen LogP contribution in [0.4, 0.5) is 18.0 Å². The van der Waals surface area contributed by atoms with Crippen LogP contribution >= 0.6 is 0 Å². The Hall–Kier alpha value is -3.18. The van der Waals surface area contributed by atoms with Gasteiger partial charge in [0.2, 0.25) is 5.91 Å². The highest BCUT2D eigenvalue weighted by Crippen LogP contribution is 2.54. The van der Waals surface area contributed by atoms with Crippen LogP contribution in [0.25, 0.3) is 0 Å². The number of carbonyl (C=O) groups is 2. The van der Waals surface area contributed by atoms with Gasteiger partial charge in [-0.25, -0.2) is 4.79 Å². The van der Waals surface area contributed by atoms with Gasteiger partial charge in [-0.2, -0.15) is 13.2 Å². The molecule has 232 valence electrons. The van der Waals surface area contributed by atoms with E-state index >= 15 is 0 Å². The third kappa shape index (κ3) is 6.11. The molecule has 8 nitrogen and oxygen atoms in total. The Balaban J connectivity index is 1.21. The van der Waals surface area contributed by atoms with E-state index in [1.165, 1.54) is 0 Å². The molecule has 1 aliphatic carbocycles. The van der Waals surface area contributed by atoms with Crippen molar-refractivity contribution < 1.29 is 37.0 Å². The van der Waals surface area contributed by atoms with Crippen LogP contribution in [-0.4, -0.2) is 72.8 Å². The molecule has 1 saturated carbocycles. The van der Waals surface area contributed by atoms with Gasteiger partial charge in [0.25, 0.3) is 0 Å². The number of benzene rings is 1. The van der Waals surface area contributed by atoms with Crippen molar-refractivity contribution in [2.45, 2.75) is 57.5 Å². The number of hydrogen-bond donors (Lipinski definition) is 0. The number of aromatic nitrogens is 1. The topological polar surface area (TPSA) is 81.2 Å². The molecule has 2 amide bonds. The maximum Gasteiger partial charge on any atom is 0.417 e. The Morgan fingerprint density at radius 2 is 2.00 bits per heavy atom. The number of carbonyl (C=O) groups excluding carboxylic acids is 2. The van der Waals surface area contributed by atoms with Crippen LogP contribution in [-0.2, 0) is 44.8 Å². The molecule has 2 unspecified atom stereocenters. The summed E-state index contributed by atoms with van der Waals surface area (Å²) in [5.74, 6) is 0.455. The zero-order valence-electron chi connectivity index (χ0n) is 24.4. The molecular formula is C32H38F3N3O5. The van der Waals surface area contributed by atoms with E-state index in [-0.39, 0.29) is 43.5 Å². The number of halogens is 3. The minimum absolute atomic E-state index is 0.0132. The lowest BCUT2D eigenvalue weighted by Crippen LogP contribution is -2.49. The average Bonchev–Trinajstić information content (AvgIpc) is 3.54. The van der Waals surface area contributed by atoms with Crippen molar-refractivity contribution in [1.29, 1.82) is 0 Å². The van der Waals surface area contributed by atoms with Crippen molar-refractivity contribution in [2.24, 2.45) is 23.2 Å². The third-order valence-corrected chi connectivity index (χ3v) is 9.89. The fourth-order valence-corrected chi connectivity index (χ4v) is 7.75.